The second kappa shape index (κ2) is 4.53. The highest BCUT2D eigenvalue weighted by Crippen LogP contribution is 2.15. The van der Waals surface area contributed by atoms with Crippen molar-refractivity contribution in [2.24, 2.45) is 0 Å². The predicted molar refractivity (Wildman–Crippen MR) is 73.0 cm³/mol. The number of aryl methyl sites for hydroxylation is 1. The van der Waals surface area contributed by atoms with Crippen LogP contribution in [0.4, 0.5) is 5.69 Å². The fourth-order valence-corrected chi connectivity index (χ4v) is 1.87. The highest BCUT2D eigenvalue weighted by Gasteiger charge is 2.12. The van der Waals surface area contributed by atoms with Crippen LogP contribution in [0.3, 0.4) is 0 Å². The predicted octanol–water partition coefficient (Wildman–Crippen LogP) is 2.52. The molecule has 5 heteroatoms. The number of carbonyl (C=O) groups is 1. The van der Waals surface area contributed by atoms with Gasteiger partial charge < -0.3 is 10.3 Å². The number of pyridine rings is 1. The number of nitrogens with zero attached hydrogens (tertiary/aromatic N) is 2. The fraction of sp³-hybridized carbons (Fsp3) is 0.0714. The summed E-state index contributed by atoms with van der Waals surface area (Å²) in [5.41, 5.74) is 3.63. The van der Waals surface area contributed by atoms with Crippen molar-refractivity contribution in [3.05, 3.63) is 54.0 Å². The molecule has 0 saturated carbocycles. The maximum absolute atomic E-state index is 12.2. The van der Waals surface area contributed by atoms with Crippen molar-refractivity contribution in [3.63, 3.8) is 0 Å². The van der Waals surface area contributed by atoms with E-state index in [9.17, 15) is 4.79 Å². The molecule has 3 rings (SSSR count). The third-order valence-corrected chi connectivity index (χ3v) is 2.88. The Morgan fingerprint density at radius 3 is 2.74 bits per heavy atom. The average molecular weight is 252 g/mol. The van der Waals surface area contributed by atoms with Crippen LogP contribution in [-0.4, -0.2) is 20.9 Å². The Morgan fingerprint density at radius 1 is 1.16 bits per heavy atom. The largest absolute Gasteiger partial charge is 0.343 e. The number of H-pyrrole nitrogens is 1. The molecule has 0 fully saturated rings. The molecule has 1 aromatic carbocycles. The Kier molecular flexibility index (Phi) is 2.72. The number of fused-ring (bicyclic) bond motifs is 1. The first-order valence-corrected chi connectivity index (χ1v) is 5.90. The maximum Gasteiger partial charge on any atom is 0.257 e. The van der Waals surface area contributed by atoms with Crippen LogP contribution in [0.15, 0.2) is 42.9 Å². The van der Waals surface area contributed by atoms with Gasteiger partial charge in [-0.2, -0.15) is 0 Å². The number of benzene rings is 1. The van der Waals surface area contributed by atoms with Crippen LogP contribution in [0.1, 0.15) is 15.9 Å². The molecule has 1 amide bonds. The molecule has 94 valence electrons. The quantitative estimate of drug-likeness (QED) is 0.736. The lowest BCUT2D eigenvalue weighted by Gasteiger charge is -2.06. The summed E-state index contributed by atoms with van der Waals surface area (Å²) in [6, 6.07) is 9.32. The van der Waals surface area contributed by atoms with Gasteiger partial charge in [-0.3, -0.25) is 4.79 Å². The van der Waals surface area contributed by atoms with E-state index in [0.29, 0.717) is 16.7 Å². The van der Waals surface area contributed by atoms with Crippen LogP contribution in [0.25, 0.3) is 11.2 Å². The summed E-state index contributed by atoms with van der Waals surface area (Å²) < 4.78 is 0. The van der Waals surface area contributed by atoms with Gasteiger partial charge in [0.15, 0.2) is 5.65 Å². The topological polar surface area (TPSA) is 70.7 Å². The van der Waals surface area contributed by atoms with Gasteiger partial charge in [-0.1, -0.05) is 17.7 Å². The minimum Gasteiger partial charge on any atom is -0.343 e. The number of aromatic amines is 1. The zero-order chi connectivity index (χ0) is 13.2. The van der Waals surface area contributed by atoms with E-state index in [1.54, 1.807) is 12.3 Å². The monoisotopic (exact) mass is 252 g/mol. The number of carbonyl (C=O) groups excluding carboxylic acids is 1. The van der Waals surface area contributed by atoms with Crippen molar-refractivity contribution < 1.29 is 4.79 Å². The molecule has 5 nitrogen and oxygen atoms in total. The Morgan fingerprint density at radius 2 is 1.95 bits per heavy atom. The fourth-order valence-electron chi connectivity index (χ4n) is 1.87. The van der Waals surface area contributed by atoms with Gasteiger partial charge in [0.2, 0.25) is 0 Å². The number of rotatable bonds is 2. The molecule has 0 aliphatic rings. The highest BCUT2D eigenvalue weighted by molar-refractivity contribution is 6.10. The summed E-state index contributed by atoms with van der Waals surface area (Å²) in [5.74, 6) is -0.180. The zero-order valence-corrected chi connectivity index (χ0v) is 10.3. The molecule has 0 radical (unpaired) electrons. The summed E-state index contributed by atoms with van der Waals surface area (Å²) in [7, 11) is 0. The van der Waals surface area contributed by atoms with Gasteiger partial charge in [0.05, 0.1) is 17.4 Å². The van der Waals surface area contributed by atoms with E-state index in [1.807, 2.05) is 31.2 Å². The lowest BCUT2D eigenvalue weighted by atomic mass is 10.2. The third-order valence-electron chi connectivity index (χ3n) is 2.88. The molecular formula is C14H12N4O. The number of hydrogen-bond acceptors (Lipinski definition) is 3. The van der Waals surface area contributed by atoms with Crippen molar-refractivity contribution in [2.75, 3.05) is 5.32 Å². The van der Waals surface area contributed by atoms with Gasteiger partial charge in [-0.05, 0) is 25.1 Å². The van der Waals surface area contributed by atoms with Crippen LogP contribution in [0, 0.1) is 6.92 Å². The lowest BCUT2D eigenvalue weighted by molar-refractivity contribution is 0.102. The number of imidazole rings is 1. The van der Waals surface area contributed by atoms with E-state index in [-0.39, 0.29) is 5.91 Å². The lowest BCUT2D eigenvalue weighted by Crippen LogP contribution is -2.12. The summed E-state index contributed by atoms with van der Waals surface area (Å²) in [6.07, 6.45) is 3.10. The highest BCUT2D eigenvalue weighted by atomic mass is 16.1. The minimum absolute atomic E-state index is 0.180. The number of nitrogens with one attached hydrogen (secondary N) is 2. The van der Waals surface area contributed by atoms with Crippen molar-refractivity contribution >= 4 is 22.8 Å². The van der Waals surface area contributed by atoms with Gasteiger partial charge in [0.1, 0.15) is 0 Å². The van der Waals surface area contributed by atoms with Gasteiger partial charge >= 0.3 is 0 Å². The van der Waals surface area contributed by atoms with Crippen molar-refractivity contribution in [1.82, 2.24) is 15.0 Å². The third kappa shape index (κ3) is 2.18. The molecule has 2 heterocycles. The van der Waals surface area contributed by atoms with E-state index < -0.39 is 0 Å². The normalized spacial score (nSPS) is 10.6. The van der Waals surface area contributed by atoms with Gasteiger partial charge in [-0.25, -0.2) is 9.97 Å². The molecule has 0 atom stereocenters. The summed E-state index contributed by atoms with van der Waals surface area (Å²) >= 11 is 0. The second-order valence-electron chi connectivity index (χ2n) is 4.28. The standard InChI is InChI=1S/C14H12N4O/c1-9-2-4-10(5-3-9)18-14(19)11-6-7-15-13-12(11)16-8-17-13/h2-8H,1H3,(H,18,19)(H,15,16,17). The molecule has 2 aromatic heterocycles. The van der Waals surface area contributed by atoms with Crippen molar-refractivity contribution in [2.45, 2.75) is 6.92 Å². The Bertz CT molecular complexity index is 731. The van der Waals surface area contributed by atoms with E-state index in [4.69, 9.17) is 0 Å². The molecular weight excluding hydrogens is 240 g/mol. The van der Waals surface area contributed by atoms with E-state index >= 15 is 0 Å². The van der Waals surface area contributed by atoms with Crippen LogP contribution in [-0.2, 0) is 0 Å². The number of aromatic nitrogens is 3. The Labute approximate surface area is 109 Å². The second-order valence-corrected chi connectivity index (χ2v) is 4.28. The van der Waals surface area contributed by atoms with Crippen LogP contribution < -0.4 is 5.32 Å². The van der Waals surface area contributed by atoms with Crippen LogP contribution in [0.5, 0.6) is 0 Å². The van der Waals surface area contributed by atoms with Gasteiger partial charge in [0, 0.05) is 11.9 Å². The van der Waals surface area contributed by atoms with Crippen molar-refractivity contribution in [1.29, 1.82) is 0 Å². The number of anilines is 1. The van der Waals surface area contributed by atoms with Crippen LogP contribution >= 0.6 is 0 Å². The average Bonchev–Trinajstić information content (AvgIpc) is 2.89. The molecule has 0 unspecified atom stereocenters. The van der Waals surface area contributed by atoms with Crippen LogP contribution in [0.2, 0.25) is 0 Å². The Hall–Kier alpha value is -2.69. The first-order chi connectivity index (χ1) is 9.24. The van der Waals surface area contributed by atoms with Gasteiger partial charge in [-0.15, -0.1) is 0 Å². The van der Waals surface area contributed by atoms with E-state index in [1.165, 1.54) is 6.33 Å². The number of amides is 1. The molecule has 0 saturated heterocycles. The minimum atomic E-state index is -0.180. The van der Waals surface area contributed by atoms with E-state index in [0.717, 1.165) is 11.3 Å². The SMILES string of the molecule is Cc1ccc(NC(=O)c2ccnc3nc[nH]c23)cc1. The summed E-state index contributed by atoms with van der Waals surface area (Å²) in [6.45, 7) is 2.00. The molecule has 19 heavy (non-hydrogen) atoms. The summed E-state index contributed by atoms with van der Waals surface area (Å²) in [5, 5.41) is 2.85. The molecule has 0 bridgehead atoms. The van der Waals surface area contributed by atoms with Gasteiger partial charge in [0.25, 0.3) is 5.91 Å². The molecule has 0 aliphatic carbocycles. The molecule has 3 aromatic rings. The molecule has 2 N–H and O–H groups in total. The maximum atomic E-state index is 12.2. The number of hydrogen-bond donors (Lipinski definition) is 2. The van der Waals surface area contributed by atoms with E-state index in [2.05, 4.69) is 20.3 Å². The molecule has 0 spiro atoms. The summed E-state index contributed by atoms with van der Waals surface area (Å²) in [4.78, 5) is 23.3. The zero-order valence-electron chi connectivity index (χ0n) is 10.3. The first-order valence-electron chi connectivity index (χ1n) is 5.90. The van der Waals surface area contributed by atoms with Crippen molar-refractivity contribution in [3.8, 4) is 0 Å². The Balaban J connectivity index is 1.92. The first kappa shape index (κ1) is 11.4. The smallest absolute Gasteiger partial charge is 0.257 e. The molecule has 0 aliphatic heterocycles.